The second-order valence-corrected chi connectivity index (χ2v) is 4.22. The molecule has 0 radical (unpaired) electrons. The van der Waals surface area contributed by atoms with Crippen LogP contribution in [0.1, 0.15) is 27.2 Å². The van der Waals surface area contributed by atoms with Crippen LogP contribution in [0, 0.1) is 5.41 Å². The maximum Gasteiger partial charge on any atom is 0.0703 e. The van der Waals surface area contributed by atoms with Crippen molar-refractivity contribution >= 4 is 0 Å². The summed E-state index contributed by atoms with van der Waals surface area (Å²) in [7, 11) is 0. The van der Waals surface area contributed by atoms with Gasteiger partial charge < -0.3 is 15.6 Å². The Morgan fingerprint density at radius 2 is 2.00 bits per heavy atom. The van der Waals surface area contributed by atoms with Crippen molar-refractivity contribution in [3.8, 4) is 0 Å². The minimum Gasteiger partial charge on any atom is -0.394 e. The third kappa shape index (κ3) is 6.58. The third-order valence-electron chi connectivity index (χ3n) is 1.55. The van der Waals surface area contributed by atoms with Crippen LogP contribution >= 0.6 is 0 Å². The lowest BCUT2D eigenvalue weighted by atomic mass is 9.89. The van der Waals surface area contributed by atoms with Crippen LogP contribution in [-0.2, 0) is 4.74 Å². The molecular formula is C9H21NO2. The Morgan fingerprint density at radius 1 is 1.42 bits per heavy atom. The smallest absolute Gasteiger partial charge is 0.0703 e. The molecule has 12 heavy (non-hydrogen) atoms. The van der Waals surface area contributed by atoms with Crippen molar-refractivity contribution < 1.29 is 9.84 Å². The van der Waals surface area contributed by atoms with Crippen LogP contribution in [0.4, 0.5) is 0 Å². The SMILES string of the molecule is CC(C)(C)CC(CN)OCCO. The Labute approximate surface area is 74.9 Å². The molecule has 0 aromatic carbocycles. The summed E-state index contributed by atoms with van der Waals surface area (Å²) in [6, 6.07) is 0. The molecule has 74 valence electrons. The molecule has 3 nitrogen and oxygen atoms in total. The normalized spacial score (nSPS) is 14.8. The Hall–Kier alpha value is -0.120. The topological polar surface area (TPSA) is 55.5 Å². The minimum absolute atomic E-state index is 0.0701. The van der Waals surface area contributed by atoms with Gasteiger partial charge in [0.25, 0.3) is 0 Å². The zero-order valence-corrected chi connectivity index (χ0v) is 8.34. The predicted molar refractivity (Wildman–Crippen MR) is 50.0 cm³/mol. The standard InChI is InChI=1S/C9H21NO2/c1-9(2,3)6-8(7-10)12-5-4-11/h8,11H,4-7,10H2,1-3H3. The van der Waals surface area contributed by atoms with Gasteiger partial charge in [0.2, 0.25) is 0 Å². The summed E-state index contributed by atoms with van der Waals surface area (Å²) in [4.78, 5) is 0. The van der Waals surface area contributed by atoms with E-state index in [1.165, 1.54) is 0 Å². The molecule has 3 N–H and O–H groups in total. The van der Waals surface area contributed by atoms with Gasteiger partial charge in [-0.25, -0.2) is 0 Å². The van der Waals surface area contributed by atoms with Crippen molar-refractivity contribution in [3.05, 3.63) is 0 Å². The molecule has 0 saturated carbocycles. The average Bonchev–Trinajstić information content (AvgIpc) is 1.95. The molecule has 0 aromatic heterocycles. The van der Waals surface area contributed by atoms with Crippen LogP contribution in [0.3, 0.4) is 0 Å². The maximum atomic E-state index is 8.54. The zero-order valence-electron chi connectivity index (χ0n) is 8.34. The number of hydrogen-bond acceptors (Lipinski definition) is 3. The lowest BCUT2D eigenvalue weighted by molar-refractivity contribution is 0.0120. The van der Waals surface area contributed by atoms with E-state index in [4.69, 9.17) is 15.6 Å². The summed E-state index contributed by atoms with van der Waals surface area (Å²) in [5.74, 6) is 0. The lowest BCUT2D eigenvalue weighted by Gasteiger charge is -2.24. The van der Waals surface area contributed by atoms with Gasteiger partial charge in [0.1, 0.15) is 0 Å². The number of aliphatic hydroxyl groups excluding tert-OH is 1. The molecule has 1 unspecified atom stereocenters. The summed E-state index contributed by atoms with van der Waals surface area (Å²) in [5, 5.41) is 8.54. The fourth-order valence-electron chi connectivity index (χ4n) is 1.11. The highest BCUT2D eigenvalue weighted by Gasteiger charge is 2.17. The molecule has 0 aliphatic rings. The number of hydrogen-bond donors (Lipinski definition) is 2. The molecule has 0 fully saturated rings. The minimum atomic E-state index is 0.0701. The fourth-order valence-corrected chi connectivity index (χ4v) is 1.11. The molecule has 0 rings (SSSR count). The van der Waals surface area contributed by atoms with E-state index >= 15 is 0 Å². The summed E-state index contributed by atoms with van der Waals surface area (Å²) in [6.45, 7) is 7.43. The van der Waals surface area contributed by atoms with Crippen LogP contribution in [0.5, 0.6) is 0 Å². The monoisotopic (exact) mass is 175 g/mol. The first kappa shape index (κ1) is 11.9. The van der Waals surface area contributed by atoms with Crippen LogP contribution < -0.4 is 5.73 Å². The first-order chi connectivity index (χ1) is 5.49. The molecular weight excluding hydrogens is 154 g/mol. The molecule has 0 aliphatic carbocycles. The van der Waals surface area contributed by atoms with Crippen molar-refractivity contribution in [3.63, 3.8) is 0 Å². The molecule has 3 heteroatoms. The summed E-state index contributed by atoms with van der Waals surface area (Å²) < 4.78 is 5.34. The van der Waals surface area contributed by atoms with Gasteiger partial charge in [-0.15, -0.1) is 0 Å². The highest BCUT2D eigenvalue weighted by Crippen LogP contribution is 2.21. The highest BCUT2D eigenvalue weighted by molar-refractivity contribution is 4.69. The van der Waals surface area contributed by atoms with E-state index < -0.39 is 0 Å². The molecule has 0 bridgehead atoms. The van der Waals surface area contributed by atoms with Crippen molar-refractivity contribution in [1.29, 1.82) is 0 Å². The molecule has 0 spiro atoms. The molecule has 0 aromatic rings. The highest BCUT2D eigenvalue weighted by atomic mass is 16.5. The Morgan fingerprint density at radius 3 is 2.33 bits per heavy atom. The Balaban J connectivity index is 3.67. The van der Waals surface area contributed by atoms with E-state index in [0.29, 0.717) is 13.2 Å². The van der Waals surface area contributed by atoms with Crippen LogP contribution in [0.2, 0.25) is 0 Å². The van der Waals surface area contributed by atoms with Gasteiger partial charge >= 0.3 is 0 Å². The zero-order chi connectivity index (χ0) is 9.61. The number of ether oxygens (including phenoxy) is 1. The fraction of sp³-hybridized carbons (Fsp3) is 1.00. The quantitative estimate of drug-likeness (QED) is 0.648. The molecule has 0 saturated heterocycles. The van der Waals surface area contributed by atoms with E-state index in [9.17, 15) is 0 Å². The van der Waals surface area contributed by atoms with E-state index in [0.717, 1.165) is 6.42 Å². The van der Waals surface area contributed by atoms with Gasteiger partial charge in [-0.1, -0.05) is 20.8 Å². The first-order valence-corrected chi connectivity index (χ1v) is 4.42. The van der Waals surface area contributed by atoms with Gasteiger partial charge in [-0.2, -0.15) is 0 Å². The van der Waals surface area contributed by atoms with Gasteiger partial charge in [0.15, 0.2) is 0 Å². The van der Waals surface area contributed by atoms with Crippen LogP contribution in [0.25, 0.3) is 0 Å². The number of rotatable bonds is 5. The van der Waals surface area contributed by atoms with Crippen molar-refractivity contribution in [2.24, 2.45) is 11.1 Å². The third-order valence-corrected chi connectivity index (χ3v) is 1.55. The Bertz CT molecular complexity index is 110. The van der Waals surface area contributed by atoms with E-state index in [-0.39, 0.29) is 18.1 Å². The van der Waals surface area contributed by atoms with Gasteiger partial charge in [0.05, 0.1) is 19.3 Å². The maximum absolute atomic E-state index is 8.54. The summed E-state index contributed by atoms with van der Waals surface area (Å²) >= 11 is 0. The largest absolute Gasteiger partial charge is 0.394 e. The van der Waals surface area contributed by atoms with Crippen LogP contribution in [-0.4, -0.2) is 31.0 Å². The molecule has 0 aliphatic heterocycles. The van der Waals surface area contributed by atoms with Gasteiger partial charge in [-0.05, 0) is 11.8 Å². The van der Waals surface area contributed by atoms with Crippen LogP contribution in [0.15, 0.2) is 0 Å². The van der Waals surface area contributed by atoms with Crippen molar-refractivity contribution in [1.82, 2.24) is 0 Å². The molecule has 0 heterocycles. The van der Waals surface area contributed by atoms with E-state index in [2.05, 4.69) is 20.8 Å². The van der Waals surface area contributed by atoms with E-state index in [1.807, 2.05) is 0 Å². The van der Waals surface area contributed by atoms with Gasteiger partial charge in [-0.3, -0.25) is 0 Å². The summed E-state index contributed by atoms with van der Waals surface area (Å²) in [6.07, 6.45) is 1.01. The average molecular weight is 175 g/mol. The molecule has 0 amide bonds. The van der Waals surface area contributed by atoms with Crippen molar-refractivity contribution in [2.75, 3.05) is 19.8 Å². The first-order valence-electron chi connectivity index (χ1n) is 4.42. The second kappa shape index (κ2) is 5.51. The van der Waals surface area contributed by atoms with E-state index in [1.54, 1.807) is 0 Å². The Kier molecular flexibility index (Phi) is 5.46. The van der Waals surface area contributed by atoms with Gasteiger partial charge in [0, 0.05) is 6.54 Å². The van der Waals surface area contributed by atoms with Crippen molar-refractivity contribution in [2.45, 2.75) is 33.3 Å². The summed E-state index contributed by atoms with van der Waals surface area (Å²) in [5.41, 5.74) is 5.75. The lowest BCUT2D eigenvalue weighted by Crippen LogP contribution is -2.29. The predicted octanol–water partition coefficient (Wildman–Crippen LogP) is 0.759. The molecule has 1 atom stereocenters. The second-order valence-electron chi connectivity index (χ2n) is 4.22. The number of aliphatic hydroxyl groups is 1. The number of nitrogens with two attached hydrogens (primary N) is 1.